The van der Waals surface area contributed by atoms with E-state index in [9.17, 15) is 9.90 Å². The molecule has 0 aromatic rings. The van der Waals surface area contributed by atoms with Gasteiger partial charge in [-0.3, -0.25) is 4.79 Å². The molecule has 1 unspecified atom stereocenters. The highest BCUT2D eigenvalue weighted by molar-refractivity contribution is 5.66. The summed E-state index contributed by atoms with van der Waals surface area (Å²) in [6.07, 6.45) is 22.0. The number of aliphatic hydroxyl groups excluding tert-OH is 1. The van der Waals surface area contributed by atoms with E-state index in [2.05, 4.69) is 6.92 Å². The van der Waals surface area contributed by atoms with E-state index in [1.54, 1.807) is 0 Å². The third-order valence-corrected chi connectivity index (χ3v) is 5.07. The maximum absolute atomic E-state index is 10.4. The molecule has 0 aromatic heterocycles. The zero-order valence-corrected chi connectivity index (χ0v) is 16.8. The summed E-state index contributed by atoms with van der Waals surface area (Å²) in [5.74, 6) is -0.667. The monoisotopic (exact) mass is 356 g/mol. The summed E-state index contributed by atoms with van der Waals surface area (Å²) in [4.78, 5) is 10.4. The standard InChI is InChI=1S/C22H44O3/c1-2-3-4-12-15-18-21(23)19-16-13-10-8-6-5-7-9-11-14-17-20-22(24)25/h21,23H,2-20H2,1H3,(H,24,25). The Kier molecular flexibility index (Phi) is 19.3. The lowest BCUT2D eigenvalue weighted by Gasteiger charge is -2.10. The van der Waals surface area contributed by atoms with Gasteiger partial charge in [-0.15, -0.1) is 0 Å². The molecule has 0 spiro atoms. The average molecular weight is 357 g/mol. The molecule has 0 aromatic carbocycles. The van der Waals surface area contributed by atoms with Gasteiger partial charge >= 0.3 is 5.97 Å². The Morgan fingerprint density at radius 2 is 1.00 bits per heavy atom. The summed E-state index contributed by atoms with van der Waals surface area (Å²) >= 11 is 0. The minimum absolute atomic E-state index is 0.0669. The summed E-state index contributed by atoms with van der Waals surface area (Å²) in [5.41, 5.74) is 0. The number of carboxylic acid groups (broad SMARTS) is 1. The Morgan fingerprint density at radius 3 is 1.40 bits per heavy atom. The first-order chi connectivity index (χ1) is 12.2. The molecule has 0 radical (unpaired) electrons. The lowest BCUT2D eigenvalue weighted by atomic mass is 10.0. The Morgan fingerprint density at radius 1 is 0.640 bits per heavy atom. The maximum Gasteiger partial charge on any atom is 0.303 e. The normalized spacial score (nSPS) is 12.4. The first-order valence-corrected chi connectivity index (χ1v) is 11.1. The van der Waals surface area contributed by atoms with Crippen LogP contribution in [-0.2, 0) is 4.79 Å². The van der Waals surface area contributed by atoms with Gasteiger partial charge in [0.15, 0.2) is 0 Å². The van der Waals surface area contributed by atoms with Crippen LogP contribution in [0.25, 0.3) is 0 Å². The van der Waals surface area contributed by atoms with Crippen LogP contribution < -0.4 is 0 Å². The quantitative estimate of drug-likeness (QED) is 0.234. The summed E-state index contributed by atoms with van der Waals surface area (Å²) in [6, 6.07) is 0. The fraction of sp³-hybridized carbons (Fsp3) is 0.955. The molecule has 3 heteroatoms. The number of carbonyl (C=O) groups is 1. The van der Waals surface area contributed by atoms with E-state index >= 15 is 0 Å². The highest BCUT2D eigenvalue weighted by Gasteiger charge is 2.03. The van der Waals surface area contributed by atoms with Gasteiger partial charge in [-0.2, -0.15) is 0 Å². The summed E-state index contributed by atoms with van der Waals surface area (Å²) in [7, 11) is 0. The van der Waals surface area contributed by atoms with Crippen molar-refractivity contribution in [3.63, 3.8) is 0 Å². The van der Waals surface area contributed by atoms with Gasteiger partial charge in [0.05, 0.1) is 6.10 Å². The van der Waals surface area contributed by atoms with Gasteiger partial charge in [-0.1, -0.05) is 103 Å². The van der Waals surface area contributed by atoms with Crippen molar-refractivity contribution < 1.29 is 15.0 Å². The number of hydrogen-bond donors (Lipinski definition) is 2. The first kappa shape index (κ1) is 24.4. The van der Waals surface area contributed by atoms with Crippen LogP contribution in [0.4, 0.5) is 0 Å². The van der Waals surface area contributed by atoms with Crippen molar-refractivity contribution in [2.24, 2.45) is 0 Å². The SMILES string of the molecule is CCCCCCCC(O)CCCCCCCCCCCCCC(=O)O. The van der Waals surface area contributed by atoms with Crippen LogP contribution in [0.5, 0.6) is 0 Å². The fourth-order valence-electron chi connectivity index (χ4n) is 3.38. The van der Waals surface area contributed by atoms with Gasteiger partial charge in [0.25, 0.3) is 0 Å². The molecule has 3 nitrogen and oxygen atoms in total. The second-order valence-electron chi connectivity index (χ2n) is 7.68. The van der Waals surface area contributed by atoms with E-state index in [1.807, 2.05) is 0 Å². The van der Waals surface area contributed by atoms with Gasteiger partial charge in [0.1, 0.15) is 0 Å². The van der Waals surface area contributed by atoms with Crippen molar-refractivity contribution in [3.8, 4) is 0 Å². The third kappa shape index (κ3) is 21.4. The average Bonchev–Trinajstić information content (AvgIpc) is 2.58. The van der Waals surface area contributed by atoms with Crippen LogP contribution in [0.2, 0.25) is 0 Å². The van der Waals surface area contributed by atoms with Crippen LogP contribution >= 0.6 is 0 Å². The zero-order valence-electron chi connectivity index (χ0n) is 16.8. The molecule has 0 saturated heterocycles. The molecule has 1 atom stereocenters. The Bertz CT molecular complexity index is 278. The molecule has 0 aliphatic rings. The van der Waals surface area contributed by atoms with Gasteiger partial charge in [-0.05, 0) is 19.3 Å². The Hall–Kier alpha value is -0.570. The molecule has 0 aliphatic heterocycles. The Balaban J connectivity index is 3.11. The fourth-order valence-corrected chi connectivity index (χ4v) is 3.38. The van der Waals surface area contributed by atoms with Crippen molar-refractivity contribution in [1.29, 1.82) is 0 Å². The molecule has 2 N–H and O–H groups in total. The molecule has 150 valence electrons. The number of rotatable bonds is 20. The lowest BCUT2D eigenvalue weighted by Crippen LogP contribution is -2.05. The topological polar surface area (TPSA) is 57.5 Å². The predicted octanol–water partition coefficient (Wildman–Crippen LogP) is 6.86. The van der Waals surface area contributed by atoms with Crippen molar-refractivity contribution >= 4 is 5.97 Å². The van der Waals surface area contributed by atoms with Crippen molar-refractivity contribution in [1.82, 2.24) is 0 Å². The van der Waals surface area contributed by atoms with Crippen molar-refractivity contribution in [2.75, 3.05) is 0 Å². The van der Waals surface area contributed by atoms with Gasteiger partial charge in [0.2, 0.25) is 0 Å². The number of aliphatic carboxylic acids is 1. The van der Waals surface area contributed by atoms with E-state index in [0.29, 0.717) is 6.42 Å². The third-order valence-electron chi connectivity index (χ3n) is 5.07. The second kappa shape index (κ2) is 19.8. The van der Waals surface area contributed by atoms with Crippen molar-refractivity contribution in [2.45, 2.75) is 135 Å². The minimum atomic E-state index is -0.667. The Labute approximate surface area is 156 Å². The molecular weight excluding hydrogens is 312 g/mol. The minimum Gasteiger partial charge on any atom is -0.481 e. The molecule has 0 aliphatic carbocycles. The molecule has 0 amide bonds. The van der Waals surface area contributed by atoms with Crippen molar-refractivity contribution in [3.05, 3.63) is 0 Å². The summed E-state index contributed by atoms with van der Waals surface area (Å²) in [5, 5.41) is 18.5. The van der Waals surface area contributed by atoms with E-state index in [1.165, 1.54) is 89.9 Å². The summed E-state index contributed by atoms with van der Waals surface area (Å²) < 4.78 is 0. The zero-order chi connectivity index (χ0) is 18.6. The molecule has 0 fully saturated rings. The lowest BCUT2D eigenvalue weighted by molar-refractivity contribution is -0.137. The number of unbranched alkanes of at least 4 members (excludes halogenated alkanes) is 14. The van der Waals surface area contributed by atoms with E-state index in [4.69, 9.17) is 5.11 Å². The number of carboxylic acids is 1. The summed E-state index contributed by atoms with van der Waals surface area (Å²) in [6.45, 7) is 2.24. The van der Waals surface area contributed by atoms with E-state index in [0.717, 1.165) is 25.7 Å². The van der Waals surface area contributed by atoms with Crippen LogP contribution in [0.3, 0.4) is 0 Å². The molecule has 0 bridgehead atoms. The predicted molar refractivity (Wildman–Crippen MR) is 107 cm³/mol. The van der Waals surface area contributed by atoms with E-state index in [-0.39, 0.29) is 6.10 Å². The van der Waals surface area contributed by atoms with Crippen LogP contribution in [0, 0.1) is 0 Å². The van der Waals surface area contributed by atoms with Gasteiger partial charge < -0.3 is 10.2 Å². The largest absolute Gasteiger partial charge is 0.481 e. The van der Waals surface area contributed by atoms with Gasteiger partial charge in [0, 0.05) is 6.42 Å². The van der Waals surface area contributed by atoms with Gasteiger partial charge in [-0.25, -0.2) is 0 Å². The molecule has 25 heavy (non-hydrogen) atoms. The van der Waals surface area contributed by atoms with Crippen LogP contribution in [-0.4, -0.2) is 22.3 Å². The second-order valence-corrected chi connectivity index (χ2v) is 7.68. The molecule has 0 rings (SSSR count). The maximum atomic E-state index is 10.4. The smallest absolute Gasteiger partial charge is 0.303 e. The van der Waals surface area contributed by atoms with E-state index < -0.39 is 5.97 Å². The highest BCUT2D eigenvalue weighted by atomic mass is 16.4. The van der Waals surface area contributed by atoms with Crippen LogP contribution in [0.1, 0.15) is 129 Å². The highest BCUT2D eigenvalue weighted by Crippen LogP contribution is 2.15. The number of aliphatic hydroxyl groups is 1. The number of hydrogen-bond acceptors (Lipinski definition) is 2. The molecule has 0 saturated carbocycles. The molecular formula is C22H44O3. The first-order valence-electron chi connectivity index (χ1n) is 11.1. The van der Waals surface area contributed by atoms with Crippen LogP contribution in [0.15, 0.2) is 0 Å². The molecule has 0 heterocycles.